The van der Waals surface area contributed by atoms with Crippen LogP contribution in [0.2, 0.25) is 0 Å². The summed E-state index contributed by atoms with van der Waals surface area (Å²) in [5.41, 5.74) is -0.0509. The second-order valence-electron chi connectivity index (χ2n) is 4.47. The van der Waals surface area contributed by atoms with Crippen molar-refractivity contribution >= 4 is 28.2 Å². The molecule has 1 atom stereocenters. The molecular formula is C15H10F2N2O3S. The van der Waals surface area contributed by atoms with Crippen molar-refractivity contribution in [1.29, 1.82) is 5.26 Å². The minimum absolute atomic E-state index is 0.286. The molecule has 5 nitrogen and oxygen atoms in total. The molecule has 2 rings (SSSR count). The molecule has 0 aliphatic rings. The Bertz CT molecular complexity index is 778. The number of carbonyl (C=O) groups is 2. The maximum atomic E-state index is 13.1. The van der Waals surface area contributed by atoms with E-state index in [0.29, 0.717) is 11.1 Å². The number of benzene rings is 1. The Balaban J connectivity index is 2.03. The van der Waals surface area contributed by atoms with Gasteiger partial charge >= 0.3 is 5.97 Å². The van der Waals surface area contributed by atoms with E-state index in [1.807, 2.05) is 6.07 Å². The van der Waals surface area contributed by atoms with Crippen LogP contribution in [-0.2, 0) is 9.53 Å². The van der Waals surface area contributed by atoms with Crippen LogP contribution in [0.25, 0.3) is 0 Å². The Morgan fingerprint density at radius 1 is 1.30 bits per heavy atom. The predicted octanol–water partition coefficient (Wildman–Crippen LogP) is 3.08. The Morgan fingerprint density at radius 2 is 1.96 bits per heavy atom. The van der Waals surface area contributed by atoms with Crippen molar-refractivity contribution in [2.45, 2.75) is 13.0 Å². The van der Waals surface area contributed by atoms with Crippen molar-refractivity contribution in [3.63, 3.8) is 0 Å². The van der Waals surface area contributed by atoms with Crippen molar-refractivity contribution in [2.75, 3.05) is 5.32 Å². The van der Waals surface area contributed by atoms with E-state index in [-0.39, 0.29) is 11.1 Å². The molecule has 1 N–H and O–H groups in total. The van der Waals surface area contributed by atoms with Gasteiger partial charge in [-0.05, 0) is 30.5 Å². The topological polar surface area (TPSA) is 79.2 Å². The Hall–Kier alpha value is -2.79. The number of carbonyl (C=O) groups excluding carboxylic acids is 2. The molecule has 0 aliphatic carbocycles. The molecule has 118 valence electrons. The SMILES string of the molecule is C[C@H](OC(=O)c1cc(F)cc(F)c1)C(=O)Nc1sccc1C#N. The van der Waals surface area contributed by atoms with Crippen molar-refractivity contribution in [2.24, 2.45) is 0 Å². The molecule has 0 saturated carbocycles. The predicted molar refractivity (Wildman–Crippen MR) is 78.9 cm³/mol. The molecule has 1 heterocycles. The molecule has 8 heteroatoms. The molecule has 0 aliphatic heterocycles. The summed E-state index contributed by atoms with van der Waals surface area (Å²) < 4.78 is 31.0. The van der Waals surface area contributed by atoms with Gasteiger partial charge in [0.05, 0.1) is 11.1 Å². The van der Waals surface area contributed by atoms with Crippen molar-refractivity contribution in [3.8, 4) is 6.07 Å². The van der Waals surface area contributed by atoms with Gasteiger partial charge in [-0.1, -0.05) is 0 Å². The Kier molecular flexibility index (Phi) is 5.03. The molecule has 2 aromatic rings. The van der Waals surface area contributed by atoms with Crippen molar-refractivity contribution < 1.29 is 23.1 Å². The smallest absolute Gasteiger partial charge is 0.339 e. The largest absolute Gasteiger partial charge is 0.449 e. The third-order valence-electron chi connectivity index (χ3n) is 2.77. The van der Waals surface area contributed by atoms with E-state index in [1.54, 1.807) is 5.38 Å². The molecule has 1 aromatic heterocycles. The first-order chi connectivity index (χ1) is 10.9. The number of hydrogen-bond acceptors (Lipinski definition) is 5. The summed E-state index contributed by atoms with van der Waals surface area (Å²) in [6.07, 6.45) is -1.21. The van der Waals surface area contributed by atoms with Gasteiger partial charge < -0.3 is 10.1 Å². The minimum atomic E-state index is -1.21. The highest BCUT2D eigenvalue weighted by molar-refractivity contribution is 7.14. The first-order valence-electron chi connectivity index (χ1n) is 6.36. The number of hydrogen-bond donors (Lipinski definition) is 1. The fraction of sp³-hybridized carbons (Fsp3) is 0.133. The average Bonchev–Trinajstić information content (AvgIpc) is 2.93. The van der Waals surface area contributed by atoms with E-state index in [2.05, 4.69) is 5.32 Å². The fourth-order valence-electron chi connectivity index (χ4n) is 1.66. The van der Waals surface area contributed by atoms with Crippen molar-refractivity contribution in [3.05, 3.63) is 52.4 Å². The molecular weight excluding hydrogens is 326 g/mol. The quantitative estimate of drug-likeness (QED) is 0.870. The van der Waals surface area contributed by atoms with Gasteiger partial charge in [-0.2, -0.15) is 5.26 Å². The number of halogens is 2. The first-order valence-corrected chi connectivity index (χ1v) is 7.24. The summed E-state index contributed by atoms with van der Waals surface area (Å²) in [5.74, 6) is -3.54. The molecule has 23 heavy (non-hydrogen) atoms. The van der Waals surface area contributed by atoms with Gasteiger partial charge in [-0.25, -0.2) is 13.6 Å². The normalized spacial score (nSPS) is 11.4. The second-order valence-corrected chi connectivity index (χ2v) is 5.39. The summed E-state index contributed by atoms with van der Waals surface area (Å²) in [6, 6.07) is 5.67. The highest BCUT2D eigenvalue weighted by atomic mass is 32.1. The van der Waals surface area contributed by atoms with E-state index in [0.717, 1.165) is 23.5 Å². The lowest BCUT2D eigenvalue weighted by Gasteiger charge is -2.13. The average molecular weight is 336 g/mol. The summed E-state index contributed by atoms with van der Waals surface area (Å²) >= 11 is 1.14. The number of nitrogens with one attached hydrogen (secondary N) is 1. The van der Waals surface area contributed by atoms with Crippen LogP contribution in [0.3, 0.4) is 0 Å². The number of thiophene rings is 1. The molecule has 0 unspecified atom stereocenters. The standard InChI is InChI=1S/C15H10F2N2O3S/c1-8(13(20)19-14-9(7-18)2-3-23-14)22-15(21)10-4-11(16)6-12(17)5-10/h2-6,8H,1H3,(H,19,20)/t8-/m0/s1. The zero-order chi connectivity index (χ0) is 17.0. The minimum Gasteiger partial charge on any atom is -0.449 e. The summed E-state index contributed by atoms with van der Waals surface area (Å²) in [5, 5.41) is 13.3. The maximum Gasteiger partial charge on any atom is 0.339 e. The third kappa shape index (κ3) is 4.11. The highest BCUT2D eigenvalue weighted by Gasteiger charge is 2.21. The van der Waals surface area contributed by atoms with E-state index in [1.165, 1.54) is 13.0 Å². The number of esters is 1. The van der Waals surface area contributed by atoms with Crippen LogP contribution in [0.4, 0.5) is 13.8 Å². The molecule has 0 fully saturated rings. The van der Waals surface area contributed by atoms with Crippen LogP contribution >= 0.6 is 11.3 Å². The molecule has 0 bridgehead atoms. The highest BCUT2D eigenvalue weighted by Crippen LogP contribution is 2.22. The van der Waals surface area contributed by atoms with E-state index >= 15 is 0 Å². The van der Waals surface area contributed by atoms with Gasteiger partial charge in [0.1, 0.15) is 22.7 Å². The lowest BCUT2D eigenvalue weighted by atomic mass is 10.2. The fourth-order valence-corrected chi connectivity index (χ4v) is 2.40. The zero-order valence-electron chi connectivity index (χ0n) is 11.8. The zero-order valence-corrected chi connectivity index (χ0v) is 12.6. The number of rotatable bonds is 4. The van der Waals surface area contributed by atoms with Crippen molar-refractivity contribution in [1.82, 2.24) is 0 Å². The molecule has 1 amide bonds. The monoisotopic (exact) mass is 336 g/mol. The summed E-state index contributed by atoms with van der Waals surface area (Å²) in [6.45, 7) is 1.31. The van der Waals surface area contributed by atoms with E-state index in [4.69, 9.17) is 10.00 Å². The number of anilines is 1. The molecule has 1 aromatic carbocycles. The van der Waals surface area contributed by atoms with Crippen LogP contribution < -0.4 is 5.32 Å². The van der Waals surface area contributed by atoms with Crippen LogP contribution in [0.5, 0.6) is 0 Å². The van der Waals surface area contributed by atoms with Crippen LogP contribution in [0.15, 0.2) is 29.6 Å². The lowest BCUT2D eigenvalue weighted by molar-refractivity contribution is -0.123. The molecule has 0 saturated heterocycles. The second kappa shape index (κ2) is 6.98. The van der Waals surface area contributed by atoms with E-state index < -0.39 is 29.6 Å². The number of nitriles is 1. The van der Waals surface area contributed by atoms with Gasteiger partial charge in [0.15, 0.2) is 6.10 Å². The number of ether oxygens (including phenoxy) is 1. The number of amides is 1. The van der Waals surface area contributed by atoms with Crippen LogP contribution in [-0.4, -0.2) is 18.0 Å². The van der Waals surface area contributed by atoms with Gasteiger partial charge in [0.2, 0.25) is 0 Å². The van der Waals surface area contributed by atoms with Gasteiger partial charge in [0.25, 0.3) is 5.91 Å². The first kappa shape index (κ1) is 16.6. The Labute approximate surface area is 134 Å². The lowest BCUT2D eigenvalue weighted by Crippen LogP contribution is -2.30. The third-order valence-corrected chi connectivity index (χ3v) is 3.60. The van der Waals surface area contributed by atoms with Crippen LogP contribution in [0.1, 0.15) is 22.8 Å². The van der Waals surface area contributed by atoms with E-state index in [9.17, 15) is 18.4 Å². The van der Waals surface area contributed by atoms with Gasteiger partial charge in [-0.3, -0.25) is 4.79 Å². The molecule has 0 radical (unpaired) electrons. The Morgan fingerprint density at radius 3 is 2.57 bits per heavy atom. The maximum absolute atomic E-state index is 13.1. The number of nitrogens with zero attached hydrogens (tertiary/aromatic N) is 1. The summed E-state index contributed by atoms with van der Waals surface area (Å²) in [7, 11) is 0. The van der Waals surface area contributed by atoms with Crippen LogP contribution in [0, 0.1) is 23.0 Å². The van der Waals surface area contributed by atoms with Gasteiger partial charge in [0, 0.05) is 6.07 Å². The molecule has 0 spiro atoms. The summed E-state index contributed by atoms with van der Waals surface area (Å²) in [4.78, 5) is 23.7. The van der Waals surface area contributed by atoms with Gasteiger partial charge in [-0.15, -0.1) is 11.3 Å².